The summed E-state index contributed by atoms with van der Waals surface area (Å²) in [4.78, 5) is 14.8. The topological polar surface area (TPSA) is 58.1 Å². The van der Waals surface area contributed by atoms with Crippen molar-refractivity contribution in [2.24, 2.45) is 5.92 Å². The average Bonchev–Trinajstić information content (AvgIpc) is 3.20. The molecule has 4 rings (SSSR count). The molecular weight excluding hydrogens is 446 g/mol. The van der Waals surface area contributed by atoms with Gasteiger partial charge in [-0.2, -0.15) is 0 Å². The van der Waals surface area contributed by atoms with E-state index < -0.39 is 0 Å². The SMILES string of the molecule is O=C(Nc1nnc(-c2ccc(Cl)cc2)s1)C1CCN(Cc2c(F)cccc2Cl)CC1. The molecule has 156 valence electrons. The monoisotopic (exact) mass is 464 g/mol. The summed E-state index contributed by atoms with van der Waals surface area (Å²) in [7, 11) is 0. The molecule has 1 saturated heterocycles. The predicted molar refractivity (Wildman–Crippen MR) is 118 cm³/mol. The first-order valence-corrected chi connectivity index (χ1v) is 11.1. The zero-order valence-corrected chi connectivity index (χ0v) is 18.3. The molecule has 1 fully saturated rings. The number of amides is 1. The number of nitrogens with one attached hydrogen (secondary N) is 1. The molecule has 0 aliphatic carbocycles. The summed E-state index contributed by atoms with van der Waals surface area (Å²) in [5, 5.41) is 13.4. The number of rotatable bonds is 5. The molecule has 2 aromatic carbocycles. The van der Waals surface area contributed by atoms with E-state index in [0.29, 0.717) is 53.2 Å². The number of hydrogen-bond donors (Lipinski definition) is 1. The van der Waals surface area contributed by atoms with Gasteiger partial charge in [-0.1, -0.05) is 52.7 Å². The van der Waals surface area contributed by atoms with E-state index in [-0.39, 0.29) is 17.6 Å². The maximum Gasteiger partial charge on any atom is 0.229 e. The highest BCUT2D eigenvalue weighted by Crippen LogP contribution is 2.29. The second-order valence-corrected chi connectivity index (χ2v) is 8.98. The molecule has 0 spiro atoms. The Balaban J connectivity index is 1.31. The summed E-state index contributed by atoms with van der Waals surface area (Å²) in [5.41, 5.74) is 1.41. The molecule has 0 radical (unpaired) electrons. The Kier molecular flexibility index (Phi) is 6.63. The molecule has 0 bridgehead atoms. The average molecular weight is 465 g/mol. The fourth-order valence-corrected chi connectivity index (χ4v) is 4.55. The summed E-state index contributed by atoms with van der Waals surface area (Å²) in [6, 6.07) is 12.0. The van der Waals surface area contributed by atoms with Gasteiger partial charge in [0, 0.05) is 33.6 Å². The lowest BCUT2D eigenvalue weighted by atomic mass is 9.95. The van der Waals surface area contributed by atoms with E-state index >= 15 is 0 Å². The van der Waals surface area contributed by atoms with Crippen LogP contribution in [0.4, 0.5) is 9.52 Å². The van der Waals surface area contributed by atoms with Crippen molar-refractivity contribution in [3.63, 3.8) is 0 Å². The van der Waals surface area contributed by atoms with Crippen molar-refractivity contribution in [2.75, 3.05) is 18.4 Å². The van der Waals surface area contributed by atoms with Gasteiger partial charge in [0.1, 0.15) is 10.8 Å². The molecule has 9 heteroatoms. The van der Waals surface area contributed by atoms with Crippen LogP contribution in [0.3, 0.4) is 0 Å². The van der Waals surface area contributed by atoms with Crippen molar-refractivity contribution in [3.05, 3.63) is 63.9 Å². The number of likely N-dealkylation sites (tertiary alicyclic amines) is 1. The lowest BCUT2D eigenvalue weighted by molar-refractivity contribution is -0.121. The van der Waals surface area contributed by atoms with Crippen LogP contribution in [0.2, 0.25) is 10.0 Å². The lowest BCUT2D eigenvalue weighted by Crippen LogP contribution is -2.38. The van der Waals surface area contributed by atoms with Gasteiger partial charge < -0.3 is 5.32 Å². The van der Waals surface area contributed by atoms with E-state index in [9.17, 15) is 9.18 Å². The van der Waals surface area contributed by atoms with E-state index in [4.69, 9.17) is 23.2 Å². The van der Waals surface area contributed by atoms with Crippen LogP contribution in [-0.4, -0.2) is 34.1 Å². The normalized spacial score (nSPS) is 15.3. The van der Waals surface area contributed by atoms with Crippen LogP contribution in [-0.2, 0) is 11.3 Å². The van der Waals surface area contributed by atoms with Crippen LogP contribution in [0, 0.1) is 11.7 Å². The molecule has 3 aromatic rings. The lowest BCUT2D eigenvalue weighted by Gasteiger charge is -2.31. The fourth-order valence-electron chi connectivity index (χ4n) is 3.45. The van der Waals surface area contributed by atoms with Crippen molar-refractivity contribution in [1.82, 2.24) is 15.1 Å². The molecule has 1 N–H and O–H groups in total. The number of halogens is 3. The number of aromatic nitrogens is 2. The summed E-state index contributed by atoms with van der Waals surface area (Å²) in [6.45, 7) is 1.85. The summed E-state index contributed by atoms with van der Waals surface area (Å²) < 4.78 is 14.0. The van der Waals surface area contributed by atoms with Gasteiger partial charge in [0.25, 0.3) is 0 Å². The summed E-state index contributed by atoms with van der Waals surface area (Å²) in [6.07, 6.45) is 1.39. The first-order chi connectivity index (χ1) is 14.5. The molecule has 5 nitrogen and oxygen atoms in total. The molecular formula is C21H19Cl2FN4OS. The second-order valence-electron chi connectivity index (χ2n) is 7.16. The zero-order chi connectivity index (χ0) is 21.1. The molecule has 1 aliphatic heterocycles. The van der Waals surface area contributed by atoms with Crippen LogP contribution in [0.1, 0.15) is 18.4 Å². The minimum absolute atomic E-state index is 0.0580. The van der Waals surface area contributed by atoms with Crippen LogP contribution < -0.4 is 5.32 Å². The molecule has 2 heterocycles. The van der Waals surface area contributed by atoms with E-state index in [1.165, 1.54) is 17.4 Å². The third-order valence-corrected chi connectivity index (χ3v) is 6.64. The Morgan fingerprint density at radius 2 is 1.87 bits per heavy atom. The second kappa shape index (κ2) is 9.39. The van der Waals surface area contributed by atoms with Crippen LogP contribution in [0.5, 0.6) is 0 Å². The van der Waals surface area contributed by atoms with Crippen molar-refractivity contribution >= 4 is 45.6 Å². The Morgan fingerprint density at radius 1 is 1.13 bits per heavy atom. The van der Waals surface area contributed by atoms with Gasteiger partial charge in [-0.3, -0.25) is 9.69 Å². The van der Waals surface area contributed by atoms with Gasteiger partial charge in [0.05, 0.1) is 0 Å². The number of anilines is 1. The largest absolute Gasteiger partial charge is 0.300 e. The van der Waals surface area contributed by atoms with Crippen molar-refractivity contribution < 1.29 is 9.18 Å². The molecule has 0 unspecified atom stereocenters. The molecule has 1 aromatic heterocycles. The Labute approximate surface area is 187 Å². The van der Waals surface area contributed by atoms with Gasteiger partial charge in [0.2, 0.25) is 11.0 Å². The molecule has 30 heavy (non-hydrogen) atoms. The number of carbonyl (C=O) groups excluding carboxylic acids is 1. The molecule has 1 amide bonds. The summed E-state index contributed by atoms with van der Waals surface area (Å²) >= 11 is 13.4. The van der Waals surface area contributed by atoms with E-state index in [1.54, 1.807) is 24.3 Å². The Bertz CT molecular complexity index is 1020. The van der Waals surface area contributed by atoms with Crippen molar-refractivity contribution in [2.45, 2.75) is 19.4 Å². The quantitative estimate of drug-likeness (QED) is 0.541. The zero-order valence-electron chi connectivity index (χ0n) is 15.9. The summed E-state index contributed by atoms with van der Waals surface area (Å²) in [5.74, 6) is -0.465. The highest BCUT2D eigenvalue weighted by molar-refractivity contribution is 7.18. The third kappa shape index (κ3) is 4.98. The van der Waals surface area contributed by atoms with E-state index in [0.717, 1.165) is 10.6 Å². The highest BCUT2D eigenvalue weighted by Gasteiger charge is 2.26. The smallest absolute Gasteiger partial charge is 0.229 e. The molecule has 0 saturated carbocycles. The Hall–Kier alpha value is -2.06. The predicted octanol–water partition coefficient (Wildman–Crippen LogP) is 5.50. The number of benzene rings is 2. The first kappa shape index (κ1) is 21.2. The van der Waals surface area contributed by atoms with Crippen LogP contribution in [0.25, 0.3) is 10.6 Å². The maximum absolute atomic E-state index is 14.0. The number of nitrogens with zero attached hydrogens (tertiary/aromatic N) is 3. The van der Waals surface area contributed by atoms with Gasteiger partial charge >= 0.3 is 0 Å². The van der Waals surface area contributed by atoms with Crippen LogP contribution >= 0.6 is 34.5 Å². The Morgan fingerprint density at radius 3 is 2.57 bits per heavy atom. The fraction of sp³-hybridized carbons (Fsp3) is 0.286. The minimum atomic E-state index is -0.296. The van der Waals surface area contributed by atoms with Gasteiger partial charge in [-0.05, 0) is 50.2 Å². The van der Waals surface area contributed by atoms with E-state index in [2.05, 4.69) is 20.4 Å². The third-order valence-electron chi connectivity index (χ3n) is 5.15. The van der Waals surface area contributed by atoms with Crippen molar-refractivity contribution in [1.29, 1.82) is 0 Å². The standard InChI is InChI=1S/C21H19Cl2FN4OS/c22-15-6-4-14(5-7-15)20-26-27-21(30-20)25-19(29)13-8-10-28(11-9-13)12-16-17(23)2-1-3-18(16)24/h1-7,13H,8-12H2,(H,25,27,29). The van der Waals surface area contributed by atoms with Gasteiger partial charge in [-0.15, -0.1) is 10.2 Å². The number of hydrogen-bond acceptors (Lipinski definition) is 5. The minimum Gasteiger partial charge on any atom is -0.300 e. The number of piperidine rings is 1. The first-order valence-electron chi connectivity index (χ1n) is 9.55. The molecule has 0 atom stereocenters. The highest BCUT2D eigenvalue weighted by atomic mass is 35.5. The van der Waals surface area contributed by atoms with E-state index in [1.807, 2.05) is 12.1 Å². The molecule has 1 aliphatic rings. The number of carbonyl (C=O) groups is 1. The maximum atomic E-state index is 14.0. The van der Waals surface area contributed by atoms with Crippen molar-refractivity contribution in [3.8, 4) is 10.6 Å². The van der Waals surface area contributed by atoms with Crippen LogP contribution in [0.15, 0.2) is 42.5 Å². The van der Waals surface area contributed by atoms with Gasteiger partial charge in [-0.25, -0.2) is 4.39 Å². The van der Waals surface area contributed by atoms with Gasteiger partial charge in [0.15, 0.2) is 0 Å².